The van der Waals surface area contributed by atoms with Gasteiger partial charge in [-0.1, -0.05) is 6.07 Å². The average molecular weight is 276 g/mol. The van der Waals surface area contributed by atoms with Crippen molar-refractivity contribution in [1.29, 1.82) is 0 Å². The molecule has 0 aliphatic carbocycles. The lowest BCUT2D eigenvalue weighted by Crippen LogP contribution is -2.33. The third-order valence-corrected chi connectivity index (χ3v) is 3.57. The first kappa shape index (κ1) is 14.3. The lowest BCUT2D eigenvalue weighted by atomic mass is 9.86. The van der Waals surface area contributed by atoms with E-state index in [4.69, 9.17) is 5.73 Å². The zero-order chi connectivity index (χ0) is 14.0. The fraction of sp³-hybridized carbons (Fsp3) is 0.538. The fourth-order valence-electron chi connectivity index (χ4n) is 2.44. The number of nitrogens with two attached hydrogens (primary N) is 1. The highest BCUT2D eigenvalue weighted by atomic mass is 19.4. The minimum absolute atomic E-state index is 0.132. The summed E-state index contributed by atoms with van der Waals surface area (Å²) in [6.07, 6.45) is -3.05. The molecule has 1 atom stereocenters. The number of rotatable bonds is 2. The molecule has 0 spiro atoms. The number of nitrogens with one attached hydrogen (secondary N) is 1. The summed E-state index contributed by atoms with van der Waals surface area (Å²) in [6.45, 7) is 1.62. The monoisotopic (exact) mass is 276 g/mol. The summed E-state index contributed by atoms with van der Waals surface area (Å²) in [5.41, 5.74) is 5.12. The predicted octanol–water partition coefficient (Wildman–Crippen LogP) is 2.84. The van der Waals surface area contributed by atoms with E-state index in [1.54, 1.807) is 0 Å². The quantitative estimate of drug-likeness (QED) is 0.815. The molecule has 0 aromatic heterocycles. The Hall–Kier alpha value is -1.14. The van der Waals surface area contributed by atoms with Crippen LogP contribution in [0.2, 0.25) is 0 Å². The van der Waals surface area contributed by atoms with Crippen LogP contribution < -0.4 is 11.1 Å². The molecule has 1 fully saturated rings. The topological polar surface area (TPSA) is 38.0 Å². The summed E-state index contributed by atoms with van der Waals surface area (Å²) in [6, 6.07) is 2.54. The van der Waals surface area contributed by atoms with Gasteiger partial charge in [0.1, 0.15) is 5.82 Å². The van der Waals surface area contributed by atoms with Crippen LogP contribution >= 0.6 is 0 Å². The van der Waals surface area contributed by atoms with Gasteiger partial charge in [0.2, 0.25) is 0 Å². The third-order valence-electron chi connectivity index (χ3n) is 3.57. The van der Waals surface area contributed by atoms with Crippen LogP contribution in [-0.4, -0.2) is 13.1 Å². The SMILES string of the molecule is N[C@@H](c1ccc(F)c(C(F)(F)F)c1)C1CCNCC1. The number of benzene rings is 1. The molecule has 19 heavy (non-hydrogen) atoms. The first-order chi connectivity index (χ1) is 8.89. The maximum Gasteiger partial charge on any atom is 0.419 e. The van der Waals surface area contributed by atoms with Gasteiger partial charge in [-0.3, -0.25) is 0 Å². The number of hydrogen-bond acceptors (Lipinski definition) is 2. The molecule has 1 aliphatic rings. The van der Waals surface area contributed by atoms with E-state index < -0.39 is 23.6 Å². The highest BCUT2D eigenvalue weighted by Gasteiger charge is 2.35. The Balaban J connectivity index is 2.24. The molecule has 2 rings (SSSR count). The maximum absolute atomic E-state index is 13.2. The van der Waals surface area contributed by atoms with E-state index in [9.17, 15) is 17.6 Å². The van der Waals surface area contributed by atoms with Gasteiger partial charge in [-0.15, -0.1) is 0 Å². The zero-order valence-electron chi connectivity index (χ0n) is 10.3. The number of piperidine rings is 1. The summed E-state index contributed by atoms with van der Waals surface area (Å²) >= 11 is 0. The van der Waals surface area contributed by atoms with Crippen molar-refractivity contribution in [3.05, 3.63) is 35.1 Å². The molecular formula is C13H16F4N2. The van der Waals surface area contributed by atoms with Crippen molar-refractivity contribution in [2.75, 3.05) is 13.1 Å². The molecule has 3 N–H and O–H groups in total. The van der Waals surface area contributed by atoms with E-state index in [2.05, 4.69) is 5.32 Å². The van der Waals surface area contributed by atoms with E-state index >= 15 is 0 Å². The number of alkyl halides is 3. The van der Waals surface area contributed by atoms with Crippen molar-refractivity contribution in [2.24, 2.45) is 11.7 Å². The van der Waals surface area contributed by atoms with Gasteiger partial charge in [0, 0.05) is 6.04 Å². The molecule has 1 aromatic carbocycles. The lowest BCUT2D eigenvalue weighted by molar-refractivity contribution is -0.140. The Labute approximate surface area is 109 Å². The van der Waals surface area contributed by atoms with Crippen molar-refractivity contribution >= 4 is 0 Å². The molecule has 1 aliphatic heterocycles. The van der Waals surface area contributed by atoms with Crippen molar-refractivity contribution in [3.63, 3.8) is 0 Å². The van der Waals surface area contributed by atoms with Gasteiger partial charge in [0.05, 0.1) is 5.56 Å². The average Bonchev–Trinajstić information content (AvgIpc) is 2.38. The van der Waals surface area contributed by atoms with Gasteiger partial charge in [0.25, 0.3) is 0 Å². The van der Waals surface area contributed by atoms with Crippen LogP contribution in [0.25, 0.3) is 0 Å². The Morgan fingerprint density at radius 2 is 1.84 bits per heavy atom. The van der Waals surface area contributed by atoms with Crippen molar-refractivity contribution in [2.45, 2.75) is 25.1 Å². The van der Waals surface area contributed by atoms with Gasteiger partial charge in [-0.05, 0) is 49.5 Å². The van der Waals surface area contributed by atoms with E-state index in [1.807, 2.05) is 0 Å². The molecule has 1 aromatic rings. The number of halogens is 4. The fourth-order valence-corrected chi connectivity index (χ4v) is 2.44. The van der Waals surface area contributed by atoms with Gasteiger partial charge >= 0.3 is 6.18 Å². The molecular weight excluding hydrogens is 260 g/mol. The molecule has 0 saturated carbocycles. The van der Waals surface area contributed by atoms with Crippen molar-refractivity contribution in [3.8, 4) is 0 Å². The summed E-state index contributed by atoms with van der Waals surface area (Å²) in [5, 5.41) is 3.17. The van der Waals surface area contributed by atoms with E-state index in [0.29, 0.717) is 5.56 Å². The summed E-state index contributed by atoms with van der Waals surface area (Å²) in [7, 11) is 0. The Bertz CT molecular complexity index is 439. The second kappa shape index (κ2) is 5.46. The largest absolute Gasteiger partial charge is 0.419 e. The van der Waals surface area contributed by atoms with Crippen molar-refractivity contribution in [1.82, 2.24) is 5.32 Å². The maximum atomic E-state index is 13.2. The molecule has 106 valence electrons. The normalized spacial score (nSPS) is 19.4. The Morgan fingerprint density at radius 3 is 2.42 bits per heavy atom. The van der Waals surface area contributed by atoms with Crippen LogP contribution in [0.1, 0.15) is 30.0 Å². The van der Waals surface area contributed by atoms with Gasteiger partial charge < -0.3 is 11.1 Å². The predicted molar refractivity (Wildman–Crippen MR) is 63.9 cm³/mol. The van der Waals surface area contributed by atoms with Crippen LogP contribution in [0.4, 0.5) is 17.6 Å². The van der Waals surface area contributed by atoms with Gasteiger partial charge in [0.15, 0.2) is 0 Å². The molecule has 1 saturated heterocycles. The second-order valence-electron chi connectivity index (χ2n) is 4.85. The van der Waals surface area contributed by atoms with E-state index in [0.717, 1.165) is 38.1 Å². The standard InChI is InChI=1S/C13H16F4N2/c14-11-2-1-9(7-10(11)13(15,16)17)12(18)8-3-5-19-6-4-8/h1-2,7-8,12,19H,3-6,18H2/t12-/m1/s1. The van der Waals surface area contributed by atoms with Crippen LogP contribution in [0.3, 0.4) is 0 Å². The molecule has 2 nitrogen and oxygen atoms in total. The molecule has 0 bridgehead atoms. The van der Waals surface area contributed by atoms with E-state index in [-0.39, 0.29) is 5.92 Å². The minimum atomic E-state index is -4.69. The molecule has 1 heterocycles. The first-order valence-corrected chi connectivity index (χ1v) is 6.22. The summed E-state index contributed by atoms with van der Waals surface area (Å²) in [5.74, 6) is -1.12. The molecule has 0 unspecified atom stereocenters. The van der Waals surface area contributed by atoms with Crippen LogP contribution in [0, 0.1) is 11.7 Å². The van der Waals surface area contributed by atoms with Crippen LogP contribution in [0.15, 0.2) is 18.2 Å². The van der Waals surface area contributed by atoms with Crippen LogP contribution in [-0.2, 0) is 6.18 Å². The minimum Gasteiger partial charge on any atom is -0.324 e. The van der Waals surface area contributed by atoms with Crippen LogP contribution in [0.5, 0.6) is 0 Å². The highest BCUT2D eigenvalue weighted by Crippen LogP contribution is 2.34. The molecule has 0 amide bonds. The first-order valence-electron chi connectivity index (χ1n) is 6.22. The highest BCUT2D eigenvalue weighted by molar-refractivity contribution is 5.29. The smallest absolute Gasteiger partial charge is 0.324 e. The van der Waals surface area contributed by atoms with Crippen molar-refractivity contribution < 1.29 is 17.6 Å². The Kier molecular flexibility index (Phi) is 4.10. The third kappa shape index (κ3) is 3.25. The van der Waals surface area contributed by atoms with Gasteiger partial charge in [-0.2, -0.15) is 13.2 Å². The summed E-state index contributed by atoms with van der Waals surface area (Å²) < 4.78 is 51.1. The lowest BCUT2D eigenvalue weighted by Gasteiger charge is -2.28. The number of hydrogen-bond donors (Lipinski definition) is 2. The van der Waals surface area contributed by atoms with Gasteiger partial charge in [-0.25, -0.2) is 4.39 Å². The molecule has 0 radical (unpaired) electrons. The summed E-state index contributed by atoms with van der Waals surface area (Å²) in [4.78, 5) is 0. The van der Waals surface area contributed by atoms with E-state index in [1.165, 1.54) is 6.07 Å². The zero-order valence-corrected chi connectivity index (χ0v) is 10.3. The Morgan fingerprint density at radius 1 is 1.21 bits per heavy atom. The second-order valence-corrected chi connectivity index (χ2v) is 4.85. The molecule has 6 heteroatoms.